The van der Waals surface area contributed by atoms with E-state index in [1.165, 1.54) is 0 Å². The standard InChI is InChI=1S/C30H29BrN2O6/c1-19-8-6-7-11-26(19)38-18-28(34)32-25(30(35)36)17-21-12-13-27(23(31)16-21)37-15-14-24-20(2)39-29(33-24)22-9-4-3-5-10-22/h3-13,16,25H,14-15,17-18H2,1-2H3,(H,32,34)(H,35,36)/t25-/m0/s1. The Morgan fingerprint density at radius 1 is 1.00 bits per heavy atom. The Kier molecular flexibility index (Phi) is 9.38. The fourth-order valence-corrected chi connectivity index (χ4v) is 4.48. The topological polar surface area (TPSA) is 111 Å². The van der Waals surface area contributed by atoms with Crippen molar-refractivity contribution in [3.63, 3.8) is 0 Å². The van der Waals surface area contributed by atoms with Crippen molar-refractivity contribution in [3.05, 3.63) is 99.9 Å². The van der Waals surface area contributed by atoms with E-state index in [4.69, 9.17) is 13.9 Å². The van der Waals surface area contributed by atoms with Gasteiger partial charge >= 0.3 is 5.97 Å². The third kappa shape index (κ3) is 7.70. The molecule has 0 aliphatic carbocycles. The molecule has 0 fully saturated rings. The molecule has 0 unspecified atom stereocenters. The molecule has 0 saturated heterocycles. The number of carboxylic acid groups (broad SMARTS) is 1. The Balaban J connectivity index is 1.30. The van der Waals surface area contributed by atoms with Gasteiger partial charge in [-0.1, -0.05) is 42.5 Å². The van der Waals surface area contributed by atoms with Crippen molar-refractivity contribution in [2.45, 2.75) is 32.7 Å². The molecular weight excluding hydrogens is 564 g/mol. The van der Waals surface area contributed by atoms with Crippen LogP contribution >= 0.6 is 15.9 Å². The second-order valence-corrected chi connectivity index (χ2v) is 9.82. The van der Waals surface area contributed by atoms with Crippen LogP contribution in [0.4, 0.5) is 0 Å². The molecule has 1 amide bonds. The Morgan fingerprint density at radius 2 is 1.74 bits per heavy atom. The number of hydrogen-bond acceptors (Lipinski definition) is 6. The van der Waals surface area contributed by atoms with Crippen LogP contribution in [-0.4, -0.2) is 41.2 Å². The number of nitrogens with one attached hydrogen (secondary N) is 1. The summed E-state index contributed by atoms with van der Waals surface area (Å²) >= 11 is 3.50. The third-order valence-electron chi connectivity index (χ3n) is 6.03. The number of aliphatic carboxylic acids is 1. The number of para-hydroxylation sites is 1. The van der Waals surface area contributed by atoms with Gasteiger partial charge in [-0.2, -0.15) is 0 Å². The molecule has 0 bridgehead atoms. The van der Waals surface area contributed by atoms with Crippen molar-refractivity contribution in [2.24, 2.45) is 0 Å². The minimum Gasteiger partial charge on any atom is -0.492 e. The van der Waals surface area contributed by atoms with Gasteiger partial charge in [0.05, 0.1) is 16.8 Å². The summed E-state index contributed by atoms with van der Waals surface area (Å²) in [5.74, 6) is 0.880. The molecule has 4 rings (SSSR count). The first-order valence-corrected chi connectivity index (χ1v) is 13.2. The Labute approximate surface area is 235 Å². The Hall–Kier alpha value is -4.11. The van der Waals surface area contributed by atoms with Crippen LogP contribution in [0.2, 0.25) is 0 Å². The van der Waals surface area contributed by atoms with Crippen LogP contribution in [0.3, 0.4) is 0 Å². The lowest BCUT2D eigenvalue weighted by atomic mass is 10.1. The number of carbonyl (C=O) groups is 2. The summed E-state index contributed by atoms with van der Waals surface area (Å²) < 4.78 is 17.9. The first kappa shape index (κ1) is 27.9. The lowest BCUT2D eigenvalue weighted by Crippen LogP contribution is -2.44. The van der Waals surface area contributed by atoms with Gasteiger partial charge < -0.3 is 24.3 Å². The number of halogens is 1. The van der Waals surface area contributed by atoms with E-state index in [1.54, 1.807) is 24.3 Å². The van der Waals surface area contributed by atoms with Crippen molar-refractivity contribution >= 4 is 27.8 Å². The van der Waals surface area contributed by atoms with Crippen molar-refractivity contribution < 1.29 is 28.6 Å². The monoisotopic (exact) mass is 592 g/mol. The summed E-state index contributed by atoms with van der Waals surface area (Å²) in [4.78, 5) is 28.8. The van der Waals surface area contributed by atoms with Gasteiger partial charge in [0.2, 0.25) is 5.89 Å². The maximum absolute atomic E-state index is 12.4. The van der Waals surface area contributed by atoms with E-state index in [0.29, 0.717) is 34.9 Å². The van der Waals surface area contributed by atoms with Gasteiger partial charge in [-0.15, -0.1) is 0 Å². The number of hydrogen-bond donors (Lipinski definition) is 2. The smallest absolute Gasteiger partial charge is 0.326 e. The minimum absolute atomic E-state index is 0.102. The van der Waals surface area contributed by atoms with Crippen LogP contribution in [0.25, 0.3) is 11.5 Å². The second-order valence-electron chi connectivity index (χ2n) is 8.97. The van der Waals surface area contributed by atoms with Crippen molar-refractivity contribution in [1.29, 1.82) is 0 Å². The Bertz CT molecular complexity index is 1440. The number of carboxylic acids is 1. The highest BCUT2D eigenvalue weighted by Crippen LogP contribution is 2.27. The average molecular weight is 593 g/mol. The number of oxazole rings is 1. The molecule has 2 N–H and O–H groups in total. The highest BCUT2D eigenvalue weighted by molar-refractivity contribution is 9.10. The molecule has 9 heteroatoms. The number of carbonyl (C=O) groups excluding carboxylic acids is 1. The van der Waals surface area contributed by atoms with Gasteiger partial charge in [0, 0.05) is 18.4 Å². The molecule has 3 aromatic carbocycles. The zero-order chi connectivity index (χ0) is 27.8. The predicted molar refractivity (Wildman–Crippen MR) is 150 cm³/mol. The Morgan fingerprint density at radius 3 is 2.46 bits per heavy atom. The quantitative estimate of drug-likeness (QED) is 0.222. The van der Waals surface area contributed by atoms with Gasteiger partial charge in [-0.05, 0) is 71.2 Å². The molecule has 4 aromatic rings. The first-order valence-electron chi connectivity index (χ1n) is 12.4. The number of aromatic nitrogens is 1. The summed E-state index contributed by atoms with van der Waals surface area (Å²) in [7, 11) is 0. The summed E-state index contributed by atoms with van der Waals surface area (Å²) in [6.45, 7) is 3.86. The van der Waals surface area contributed by atoms with Gasteiger partial charge in [0.1, 0.15) is 23.3 Å². The molecule has 8 nitrogen and oxygen atoms in total. The largest absolute Gasteiger partial charge is 0.492 e. The van der Waals surface area contributed by atoms with Crippen LogP contribution in [0.15, 0.2) is 81.7 Å². The van der Waals surface area contributed by atoms with E-state index in [2.05, 4.69) is 26.2 Å². The number of rotatable bonds is 12. The van der Waals surface area contributed by atoms with Crippen molar-refractivity contribution in [3.8, 4) is 23.0 Å². The normalized spacial score (nSPS) is 11.6. The fraction of sp³-hybridized carbons (Fsp3) is 0.233. The molecule has 0 aliphatic rings. The molecule has 39 heavy (non-hydrogen) atoms. The van der Waals surface area contributed by atoms with E-state index in [1.807, 2.05) is 62.4 Å². The number of aryl methyl sites for hydroxylation is 2. The molecule has 202 valence electrons. The minimum atomic E-state index is -1.13. The van der Waals surface area contributed by atoms with E-state index < -0.39 is 17.9 Å². The number of benzene rings is 3. The molecule has 0 spiro atoms. The van der Waals surface area contributed by atoms with E-state index in [0.717, 1.165) is 28.1 Å². The molecule has 0 saturated carbocycles. The maximum Gasteiger partial charge on any atom is 0.326 e. The van der Waals surface area contributed by atoms with Gasteiger partial charge in [0.15, 0.2) is 6.61 Å². The van der Waals surface area contributed by atoms with Crippen LogP contribution in [-0.2, 0) is 22.4 Å². The van der Waals surface area contributed by atoms with E-state index >= 15 is 0 Å². The summed E-state index contributed by atoms with van der Waals surface area (Å²) in [6, 6.07) is 21.3. The van der Waals surface area contributed by atoms with Crippen LogP contribution < -0.4 is 14.8 Å². The van der Waals surface area contributed by atoms with Crippen molar-refractivity contribution in [1.82, 2.24) is 10.3 Å². The van der Waals surface area contributed by atoms with Gasteiger partial charge in [-0.3, -0.25) is 4.79 Å². The SMILES string of the molecule is Cc1ccccc1OCC(=O)N[C@@H](Cc1ccc(OCCc2nc(-c3ccccc3)oc2C)c(Br)c1)C(=O)O. The van der Waals surface area contributed by atoms with Crippen LogP contribution in [0.5, 0.6) is 11.5 Å². The van der Waals surface area contributed by atoms with Crippen LogP contribution in [0, 0.1) is 13.8 Å². The number of nitrogens with zero attached hydrogens (tertiary/aromatic N) is 1. The maximum atomic E-state index is 12.4. The lowest BCUT2D eigenvalue weighted by Gasteiger charge is -2.16. The number of amides is 1. The van der Waals surface area contributed by atoms with Gasteiger partial charge in [0.25, 0.3) is 5.91 Å². The molecule has 0 aliphatic heterocycles. The highest BCUT2D eigenvalue weighted by Gasteiger charge is 2.21. The molecule has 1 atom stereocenters. The fourth-order valence-electron chi connectivity index (χ4n) is 3.94. The van der Waals surface area contributed by atoms with Crippen molar-refractivity contribution in [2.75, 3.05) is 13.2 Å². The van der Waals surface area contributed by atoms with E-state index in [9.17, 15) is 14.7 Å². The molecular formula is C30H29BrN2O6. The highest BCUT2D eigenvalue weighted by atomic mass is 79.9. The summed E-state index contributed by atoms with van der Waals surface area (Å²) in [5.41, 5.74) is 3.36. The van der Waals surface area contributed by atoms with Crippen LogP contribution in [0.1, 0.15) is 22.6 Å². The average Bonchev–Trinajstić information content (AvgIpc) is 3.29. The number of ether oxygens (including phenoxy) is 2. The summed E-state index contributed by atoms with van der Waals surface area (Å²) in [6.07, 6.45) is 0.665. The first-order chi connectivity index (χ1) is 18.8. The lowest BCUT2D eigenvalue weighted by molar-refractivity contribution is -0.142. The molecule has 1 aromatic heterocycles. The predicted octanol–water partition coefficient (Wildman–Crippen LogP) is 5.53. The second kappa shape index (κ2) is 13.1. The van der Waals surface area contributed by atoms with Gasteiger partial charge in [-0.25, -0.2) is 9.78 Å². The summed E-state index contributed by atoms with van der Waals surface area (Å²) in [5, 5.41) is 12.2. The molecule has 0 radical (unpaired) electrons. The van der Waals surface area contributed by atoms with E-state index in [-0.39, 0.29) is 13.0 Å². The zero-order valence-electron chi connectivity index (χ0n) is 21.6. The zero-order valence-corrected chi connectivity index (χ0v) is 23.2. The molecule has 1 heterocycles. The third-order valence-corrected chi connectivity index (χ3v) is 6.65.